The van der Waals surface area contributed by atoms with Crippen molar-refractivity contribution >= 4 is 29.0 Å². The highest BCUT2D eigenvalue weighted by atomic mass is 32.1. The van der Waals surface area contributed by atoms with Crippen LogP contribution in [-0.2, 0) is 6.42 Å². The quantitative estimate of drug-likeness (QED) is 0.874. The fourth-order valence-corrected chi connectivity index (χ4v) is 2.98. The molecule has 0 aliphatic heterocycles. The topological polar surface area (TPSA) is 74.3 Å². The van der Waals surface area contributed by atoms with Gasteiger partial charge in [0.2, 0.25) is 0 Å². The minimum atomic E-state index is -0.269. The molecule has 0 spiro atoms. The number of benzene rings is 1. The van der Waals surface area contributed by atoms with Gasteiger partial charge in [-0.25, -0.2) is 9.78 Å². The van der Waals surface area contributed by atoms with E-state index < -0.39 is 0 Å². The van der Waals surface area contributed by atoms with Gasteiger partial charge in [0, 0.05) is 49.4 Å². The number of hydrogen-bond acceptors (Lipinski definition) is 4. The van der Waals surface area contributed by atoms with Crippen molar-refractivity contribution in [1.82, 2.24) is 15.2 Å². The summed E-state index contributed by atoms with van der Waals surface area (Å²) in [5.41, 5.74) is 2.11. The van der Waals surface area contributed by atoms with Gasteiger partial charge in [-0.1, -0.05) is 0 Å². The molecule has 3 amide bonds. The number of amides is 3. The third-order valence-corrected chi connectivity index (χ3v) is 4.39. The first-order valence-electron chi connectivity index (χ1n) is 7.65. The number of urea groups is 1. The van der Waals surface area contributed by atoms with Gasteiger partial charge < -0.3 is 15.5 Å². The molecule has 1 heterocycles. The molecule has 0 bridgehead atoms. The van der Waals surface area contributed by atoms with Crippen molar-refractivity contribution < 1.29 is 9.59 Å². The van der Waals surface area contributed by atoms with Crippen LogP contribution in [0.25, 0.3) is 0 Å². The monoisotopic (exact) mass is 346 g/mol. The molecule has 7 heteroatoms. The van der Waals surface area contributed by atoms with Crippen molar-refractivity contribution in [2.75, 3.05) is 26.0 Å². The van der Waals surface area contributed by atoms with Gasteiger partial charge in [-0.15, -0.1) is 11.3 Å². The zero-order valence-electron chi connectivity index (χ0n) is 14.3. The molecule has 0 radical (unpaired) electrons. The molecule has 2 N–H and O–H groups in total. The molecular weight excluding hydrogens is 324 g/mol. The third kappa shape index (κ3) is 4.79. The molecule has 0 aliphatic rings. The Balaban J connectivity index is 1.87. The maximum atomic E-state index is 12.0. The molecule has 0 saturated carbocycles. The average molecular weight is 346 g/mol. The standard InChI is InChI=1S/C17H22N4O2S/c1-11-9-13(5-6-14(11)16(22)21(3)4)20-17(23)18-8-7-15-19-10-12(2)24-15/h5-6,9-10H,7-8H2,1-4H3,(H2,18,20,23). The summed E-state index contributed by atoms with van der Waals surface area (Å²) < 4.78 is 0. The minimum absolute atomic E-state index is 0.0535. The Labute approximate surface area is 145 Å². The summed E-state index contributed by atoms with van der Waals surface area (Å²) in [6.07, 6.45) is 2.54. The van der Waals surface area contributed by atoms with Gasteiger partial charge in [-0.3, -0.25) is 4.79 Å². The number of aryl methyl sites for hydroxylation is 2. The number of carbonyl (C=O) groups is 2. The smallest absolute Gasteiger partial charge is 0.319 e. The van der Waals surface area contributed by atoms with E-state index >= 15 is 0 Å². The normalized spacial score (nSPS) is 10.3. The molecule has 6 nitrogen and oxygen atoms in total. The van der Waals surface area contributed by atoms with Gasteiger partial charge in [0.15, 0.2) is 0 Å². The fourth-order valence-electron chi connectivity index (χ4n) is 2.20. The Morgan fingerprint density at radius 3 is 2.58 bits per heavy atom. The van der Waals surface area contributed by atoms with Gasteiger partial charge in [0.05, 0.1) is 5.01 Å². The number of nitrogens with one attached hydrogen (secondary N) is 2. The first-order chi connectivity index (χ1) is 11.4. The van der Waals surface area contributed by atoms with E-state index in [4.69, 9.17) is 0 Å². The summed E-state index contributed by atoms with van der Waals surface area (Å²) >= 11 is 1.63. The van der Waals surface area contributed by atoms with Gasteiger partial charge >= 0.3 is 6.03 Å². The summed E-state index contributed by atoms with van der Waals surface area (Å²) in [7, 11) is 3.43. The highest BCUT2D eigenvalue weighted by Crippen LogP contribution is 2.16. The number of carbonyl (C=O) groups excluding carboxylic acids is 2. The van der Waals surface area contributed by atoms with Crippen LogP contribution in [-0.4, -0.2) is 42.5 Å². The van der Waals surface area contributed by atoms with Crippen LogP contribution in [0.4, 0.5) is 10.5 Å². The predicted octanol–water partition coefficient (Wildman–Crippen LogP) is 2.83. The molecule has 0 saturated heterocycles. The Kier molecular flexibility index (Phi) is 5.92. The summed E-state index contributed by atoms with van der Waals surface area (Å²) in [4.78, 5) is 30.9. The molecule has 24 heavy (non-hydrogen) atoms. The van der Waals surface area contributed by atoms with Crippen molar-refractivity contribution in [1.29, 1.82) is 0 Å². The highest BCUT2D eigenvalue weighted by molar-refractivity contribution is 7.11. The Bertz CT molecular complexity index is 740. The van der Waals surface area contributed by atoms with E-state index in [0.29, 0.717) is 24.2 Å². The van der Waals surface area contributed by atoms with Crippen molar-refractivity contribution in [3.63, 3.8) is 0 Å². The lowest BCUT2D eigenvalue weighted by Gasteiger charge is -2.14. The Morgan fingerprint density at radius 1 is 1.25 bits per heavy atom. The van der Waals surface area contributed by atoms with Crippen LogP contribution in [0.2, 0.25) is 0 Å². The van der Waals surface area contributed by atoms with E-state index in [-0.39, 0.29) is 11.9 Å². The number of nitrogens with zero attached hydrogens (tertiary/aromatic N) is 2. The maximum absolute atomic E-state index is 12.0. The van der Waals surface area contributed by atoms with Gasteiger partial charge in [0.1, 0.15) is 0 Å². The molecule has 1 aromatic carbocycles. The number of anilines is 1. The zero-order chi connectivity index (χ0) is 17.7. The van der Waals surface area contributed by atoms with E-state index in [2.05, 4.69) is 15.6 Å². The van der Waals surface area contributed by atoms with Crippen LogP contribution in [0.3, 0.4) is 0 Å². The lowest BCUT2D eigenvalue weighted by Crippen LogP contribution is -2.30. The number of hydrogen-bond donors (Lipinski definition) is 2. The van der Waals surface area contributed by atoms with Crippen molar-refractivity contribution in [2.24, 2.45) is 0 Å². The summed E-state index contributed by atoms with van der Waals surface area (Å²) in [5.74, 6) is -0.0535. The van der Waals surface area contributed by atoms with Gasteiger partial charge in [-0.05, 0) is 37.6 Å². The summed E-state index contributed by atoms with van der Waals surface area (Å²) in [6.45, 7) is 4.38. The molecule has 0 fully saturated rings. The second kappa shape index (κ2) is 7.92. The van der Waals surface area contributed by atoms with E-state index in [0.717, 1.165) is 15.4 Å². The largest absolute Gasteiger partial charge is 0.345 e. The Morgan fingerprint density at radius 2 is 2.00 bits per heavy atom. The van der Waals surface area contributed by atoms with Gasteiger partial charge in [-0.2, -0.15) is 0 Å². The molecule has 0 unspecified atom stereocenters. The first kappa shape index (κ1) is 17.9. The molecule has 0 aliphatic carbocycles. The van der Waals surface area contributed by atoms with Crippen LogP contribution in [0, 0.1) is 13.8 Å². The van der Waals surface area contributed by atoms with Crippen LogP contribution < -0.4 is 10.6 Å². The number of thiazole rings is 1. The fraction of sp³-hybridized carbons (Fsp3) is 0.353. The molecule has 2 rings (SSSR count). The van der Waals surface area contributed by atoms with E-state index in [9.17, 15) is 9.59 Å². The second-order valence-corrected chi connectivity index (χ2v) is 7.04. The van der Waals surface area contributed by atoms with Crippen LogP contribution in [0.15, 0.2) is 24.4 Å². The zero-order valence-corrected chi connectivity index (χ0v) is 15.2. The van der Waals surface area contributed by atoms with Crippen molar-refractivity contribution in [3.05, 3.63) is 45.4 Å². The lowest BCUT2D eigenvalue weighted by molar-refractivity contribution is 0.0827. The number of aromatic nitrogens is 1. The summed E-state index contributed by atoms with van der Waals surface area (Å²) in [6, 6.07) is 4.98. The van der Waals surface area contributed by atoms with Crippen LogP contribution in [0.5, 0.6) is 0 Å². The predicted molar refractivity (Wildman–Crippen MR) is 96.8 cm³/mol. The summed E-state index contributed by atoms with van der Waals surface area (Å²) in [5, 5.41) is 6.59. The van der Waals surface area contributed by atoms with E-state index in [1.165, 1.54) is 4.90 Å². The van der Waals surface area contributed by atoms with Crippen molar-refractivity contribution in [3.8, 4) is 0 Å². The first-order valence-corrected chi connectivity index (χ1v) is 8.47. The maximum Gasteiger partial charge on any atom is 0.319 e. The van der Waals surface area contributed by atoms with Gasteiger partial charge in [0.25, 0.3) is 5.91 Å². The average Bonchev–Trinajstić information content (AvgIpc) is 2.92. The molecular formula is C17H22N4O2S. The molecule has 0 atom stereocenters. The minimum Gasteiger partial charge on any atom is -0.345 e. The molecule has 128 valence electrons. The molecule has 2 aromatic rings. The van der Waals surface area contributed by atoms with E-state index in [1.807, 2.05) is 20.0 Å². The van der Waals surface area contributed by atoms with Crippen molar-refractivity contribution in [2.45, 2.75) is 20.3 Å². The van der Waals surface area contributed by atoms with E-state index in [1.54, 1.807) is 43.6 Å². The van der Waals surface area contributed by atoms with Crippen LogP contribution >= 0.6 is 11.3 Å². The lowest BCUT2D eigenvalue weighted by atomic mass is 10.1. The third-order valence-electron chi connectivity index (χ3n) is 3.41. The second-order valence-electron chi connectivity index (χ2n) is 5.72. The SMILES string of the molecule is Cc1cnc(CCNC(=O)Nc2ccc(C(=O)N(C)C)c(C)c2)s1. The Hall–Kier alpha value is -2.41. The van der Waals surface area contributed by atoms with Crippen LogP contribution in [0.1, 0.15) is 25.8 Å². The molecule has 1 aromatic heterocycles. The number of rotatable bonds is 5. The highest BCUT2D eigenvalue weighted by Gasteiger charge is 2.12.